The molecule has 1 saturated heterocycles. The van der Waals surface area contributed by atoms with E-state index in [1.807, 2.05) is 13.8 Å². The van der Waals surface area contributed by atoms with Crippen LogP contribution in [0.15, 0.2) is 18.2 Å². The van der Waals surface area contributed by atoms with Crippen LogP contribution in [0.1, 0.15) is 43.6 Å². The van der Waals surface area contributed by atoms with Gasteiger partial charge in [-0.1, -0.05) is 6.07 Å². The molecule has 0 aromatic heterocycles. The average Bonchev–Trinajstić information content (AvgIpc) is 2.63. The number of benzene rings is 1. The van der Waals surface area contributed by atoms with Crippen LogP contribution in [0.4, 0.5) is 5.69 Å². The van der Waals surface area contributed by atoms with E-state index in [0.717, 1.165) is 13.1 Å². The quantitative estimate of drug-likeness (QED) is 0.526. The van der Waals surface area contributed by atoms with E-state index in [0.29, 0.717) is 12.1 Å². The SMILES string of the molecule is Cc1ccc(C(=O)NCC(=O)NCC(C)(C)N2CC(C)OC(C)C2)cc1[N+](=O)[O-]. The fourth-order valence-corrected chi connectivity index (χ4v) is 3.37. The van der Waals surface area contributed by atoms with E-state index >= 15 is 0 Å². The van der Waals surface area contributed by atoms with Crippen LogP contribution in [0.25, 0.3) is 0 Å². The predicted molar refractivity (Wildman–Crippen MR) is 109 cm³/mol. The first kappa shape index (κ1) is 22.8. The van der Waals surface area contributed by atoms with E-state index in [4.69, 9.17) is 4.74 Å². The van der Waals surface area contributed by atoms with E-state index in [-0.39, 0.29) is 41.4 Å². The lowest BCUT2D eigenvalue weighted by Gasteiger charge is -2.45. The van der Waals surface area contributed by atoms with Crippen molar-refractivity contribution >= 4 is 17.5 Å². The normalized spacial score (nSPS) is 20.2. The number of rotatable bonds is 7. The van der Waals surface area contributed by atoms with Gasteiger partial charge in [0.25, 0.3) is 11.6 Å². The number of aryl methyl sites for hydroxylation is 1. The number of nitro benzene ring substituents is 1. The summed E-state index contributed by atoms with van der Waals surface area (Å²) in [5, 5.41) is 16.4. The van der Waals surface area contributed by atoms with Crippen LogP contribution in [0, 0.1) is 17.0 Å². The van der Waals surface area contributed by atoms with Gasteiger partial charge in [-0.3, -0.25) is 24.6 Å². The molecule has 9 heteroatoms. The van der Waals surface area contributed by atoms with Crippen molar-refractivity contribution in [2.24, 2.45) is 0 Å². The number of carbonyl (C=O) groups excluding carboxylic acids is 2. The summed E-state index contributed by atoms with van der Waals surface area (Å²) >= 11 is 0. The number of ether oxygens (including phenoxy) is 1. The molecule has 2 amide bonds. The Labute approximate surface area is 170 Å². The number of amides is 2. The molecule has 0 aliphatic carbocycles. The van der Waals surface area contributed by atoms with Gasteiger partial charge >= 0.3 is 0 Å². The number of nitrogens with zero attached hydrogens (tertiary/aromatic N) is 2. The third kappa shape index (κ3) is 6.23. The number of nitro groups is 1. The minimum absolute atomic E-state index is 0.127. The van der Waals surface area contributed by atoms with Crippen LogP contribution < -0.4 is 10.6 Å². The highest BCUT2D eigenvalue weighted by Crippen LogP contribution is 2.21. The van der Waals surface area contributed by atoms with E-state index in [9.17, 15) is 19.7 Å². The molecule has 9 nitrogen and oxygen atoms in total. The zero-order valence-electron chi connectivity index (χ0n) is 17.7. The molecule has 1 heterocycles. The molecule has 1 aliphatic heterocycles. The summed E-state index contributed by atoms with van der Waals surface area (Å²) in [5.74, 6) is -0.847. The molecule has 0 bridgehead atoms. The Morgan fingerprint density at radius 3 is 2.45 bits per heavy atom. The average molecular weight is 406 g/mol. The minimum Gasteiger partial charge on any atom is -0.373 e. The zero-order chi connectivity index (χ0) is 21.8. The first-order valence-corrected chi connectivity index (χ1v) is 9.70. The summed E-state index contributed by atoms with van der Waals surface area (Å²) in [5.41, 5.74) is 0.228. The van der Waals surface area contributed by atoms with Gasteiger partial charge in [0.15, 0.2) is 0 Å². The molecule has 160 valence electrons. The van der Waals surface area contributed by atoms with E-state index < -0.39 is 10.8 Å². The number of carbonyl (C=O) groups is 2. The van der Waals surface area contributed by atoms with Crippen molar-refractivity contribution in [2.75, 3.05) is 26.2 Å². The van der Waals surface area contributed by atoms with Crippen molar-refractivity contribution in [1.82, 2.24) is 15.5 Å². The summed E-state index contributed by atoms with van der Waals surface area (Å²) in [6.45, 7) is 11.6. The third-order valence-corrected chi connectivity index (χ3v) is 5.07. The largest absolute Gasteiger partial charge is 0.373 e. The second kappa shape index (κ2) is 9.32. The lowest BCUT2D eigenvalue weighted by Crippen LogP contribution is -2.59. The van der Waals surface area contributed by atoms with Crippen LogP contribution in [0.3, 0.4) is 0 Å². The molecular weight excluding hydrogens is 376 g/mol. The smallest absolute Gasteiger partial charge is 0.273 e. The minimum atomic E-state index is -0.533. The van der Waals surface area contributed by atoms with E-state index in [1.165, 1.54) is 18.2 Å². The summed E-state index contributed by atoms with van der Waals surface area (Å²) in [6.07, 6.45) is 0.262. The van der Waals surface area contributed by atoms with Crippen LogP contribution in [0.5, 0.6) is 0 Å². The van der Waals surface area contributed by atoms with Gasteiger partial charge < -0.3 is 15.4 Å². The summed E-state index contributed by atoms with van der Waals surface area (Å²) < 4.78 is 5.76. The molecule has 0 saturated carbocycles. The Hall–Kier alpha value is -2.52. The van der Waals surface area contributed by atoms with Gasteiger partial charge in [-0.05, 0) is 40.7 Å². The molecule has 2 N–H and O–H groups in total. The van der Waals surface area contributed by atoms with Crippen molar-refractivity contribution in [1.29, 1.82) is 0 Å². The van der Waals surface area contributed by atoms with Gasteiger partial charge in [0.2, 0.25) is 5.91 Å². The predicted octanol–water partition coefficient (Wildman–Crippen LogP) is 1.64. The van der Waals surface area contributed by atoms with Gasteiger partial charge in [-0.2, -0.15) is 0 Å². The molecule has 0 spiro atoms. The standard InChI is InChI=1S/C20H30N4O5/c1-13-6-7-16(8-17(13)24(27)28)19(26)21-9-18(25)22-12-20(4,5)23-10-14(2)29-15(3)11-23/h6-8,14-15H,9-12H2,1-5H3,(H,21,26)(H,22,25). The molecule has 2 rings (SSSR count). The van der Waals surface area contributed by atoms with Crippen LogP contribution in [0.2, 0.25) is 0 Å². The number of nitrogens with one attached hydrogen (secondary N) is 2. The van der Waals surface area contributed by atoms with Crippen LogP contribution in [-0.2, 0) is 9.53 Å². The lowest BCUT2D eigenvalue weighted by molar-refractivity contribution is -0.385. The second-order valence-corrected chi connectivity index (χ2v) is 8.19. The van der Waals surface area contributed by atoms with Crippen LogP contribution >= 0.6 is 0 Å². The highest BCUT2D eigenvalue weighted by atomic mass is 16.6. The Morgan fingerprint density at radius 1 is 1.24 bits per heavy atom. The summed E-state index contributed by atoms with van der Waals surface area (Å²) in [7, 11) is 0. The third-order valence-electron chi connectivity index (χ3n) is 5.07. The maximum absolute atomic E-state index is 12.2. The molecule has 0 radical (unpaired) electrons. The van der Waals surface area contributed by atoms with Crippen LogP contribution in [-0.4, -0.2) is 65.6 Å². The molecular formula is C20H30N4O5. The number of hydrogen-bond donors (Lipinski definition) is 2. The lowest BCUT2D eigenvalue weighted by atomic mass is 10.00. The first-order chi connectivity index (χ1) is 13.5. The fourth-order valence-electron chi connectivity index (χ4n) is 3.37. The summed E-state index contributed by atoms with van der Waals surface area (Å²) in [4.78, 5) is 37.2. The maximum Gasteiger partial charge on any atom is 0.273 e. The van der Waals surface area contributed by atoms with Crippen molar-refractivity contribution in [3.05, 3.63) is 39.4 Å². The van der Waals surface area contributed by atoms with Gasteiger partial charge in [-0.15, -0.1) is 0 Å². The van der Waals surface area contributed by atoms with Crippen molar-refractivity contribution in [2.45, 2.75) is 52.4 Å². The maximum atomic E-state index is 12.2. The Kier molecular flexibility index (Phi) is 7.32. The highest BCUT2D eigenvalue weighted by Gasteiger charge is 2.33. The molecule has 1 aliphatic rings. The Bertz CT molecular complexity index is 770. The molecule has 2 unspecified atom stereocenters. The van der Waals surface area contributed by atoms with Crippen molar-refractivity contribution < 1.29 is 19.2 Å². The van der Waals surface area contributed by atoms with Gasteiger partial charge in [0, 0.05) is 42.4 Å². The van der Waals surface area contributed by atoms with Gasteiger partial charge in [0.1, 0.15) is 0 Å². The topological polar surface area (TPSA) is 114 Å². The molecule has 29 heavy (non-hydrogen) atoms. The second-order valence-electron chi connectivity index (χ2n) is 8.19. The zero-order valence-corrected chi connectivity index (χ0v) is 17.7. The highest BCUT2D eigenvalue weighted by molar-refractivity contribution is 5.97. The monoisotopic (exact) mass is 406 g/mol. The Morgan fingerprint density at radius 2 is 1.86 bits per heavy atom. The van der Waals surface area contributed by atoms with Gasteiger partial charge in [-0.25, -0.2) is 0 Å². The molecule has 1 aromatic rings. The van der Waals surface area contributed by atoms with E-state index in [2.05, 4.69) is 29.4 Å². The van der Waals surface area contributed by atoms with Crippen molar-refractivity contribution in [3.63, 3.8) is 0 Å². The molecule has 2 atom stereocenters. The number of hydrogen-bond acceptors (Lipinski definition) is 6. The molecule has 1 fully saturated rings. The fraction of sp³-hybridized carbons (Fsp3) is 0.600. The summed E-state index contributed by atoms with van der Waals surface area (Å²) in [6, 6.07) is 4.23. The van der Waals surface area contributed by atoms with E-state index in [1.54, 1.807) is 6.92 Å². The number of morpholine rings is 1. The first-order valence-electron chi connectivity index (χ1n) is 9.70. The van der Waals surface area contributed by atoms with Crippen molar-refractivity contribution in [3.8, 4) is 0 Å². The molecule has 1 aromatic carbocycles. The van der Waals surface area contributed by atoms with Gasteiger partial charge in [0.05, 0.1) is 23.7 Å². The Balaban J connectivity index is 1.86.